The molecular weight excluding hydrogens is 262 g/mol. The van der Waals surface area contributed by atoms with Crippen LogP contribution in [0.25, 0.3) is 0 Å². The van der Waals surface area contributed by atoms with Crippen LogP contribution in [0.2, 0.25) is 0 Å². The monoisotopic (exact) mass is 279 g/mol. The molecule has 5 nitrogen and oxygen atoms in total. The second-order valence-corrected chi connectivity index (χ2v) is 4.62. The summed E-state index contributed by atoms with van der Waals surface area (Å²) in [4.78, 5) is 4.37. The molecule has 0 saturated carbocycles. The molecule has 6 N–H and O–H groups in total. The van der Waals surface area contributed by atoms with Crippen molar-refractivity contribution in [2.24, 2.45) is 16.5 Å². The molecule has 106 valence electrons. The molecule has 0 aliphatic heterocycles. The third kappa shape index (κ3) is 4.01. The van der Waals surface area contributed by atoms with E-state index in [9.17, 15) is 0 Å². The molecule has 21 heavy (non-hydrogen) atoms. The minimum absolute atomic E-state index is 0.0593. The Morgan fingerprint density at radius 1 is 0.857 bits per heavy atom. The molecule has 0 saturated heterocycles. The lowest BCUT2D eigenvalue weighted by Gasteiger charge is -2.01. The van der Waals surface area contributed by atoms with Crippen LogP contribution in [-0.4, -0.2) is 17.9 Å². The molecule has 2 aromatic carbocycles. The van der Waals surface area contributed by atoms with Crippen molar-refractivity contribution in [3.8, 4) is 0 Å². The van der Waals surface area contributed by atoms with Crippen molar-refractivity contribution in [2.45, 2.75) is 6.54 Å². The maximum Gasteiger partial charge on any atom is 0.122 e. The van der Waals surface area contributed by atoms with Crippen molar-refractivity contribution in [3.05, 3.63) is 70.8 Å². The van der Waals surface area contributed by atoms with Gasteiger partial charge in [0.25, 0.3) is 0 Å². The van der Waals surface area contributed by atoms with Crippen molar-refractivity contribution >= 4 is 17.9 Å². The molecule has 0 aromatic heterocycles. The highest BCUT2D eigenvalue weighted by Crippen LogP contribution is 2.06. The summed E-state index contributed by atoms with van der Waals surface area (Å²) in [5, 5.41) is 14.7. The maximum atomic E-state index is 7.33. The zero-order valence-corrected chi connectivity index (χ0v) is 11.5. The first kappa shape index (κ1) is 14.5. The van der Waals surface area contributed by atoms with Crippen molar-refractivity contribution in [1.29, 1.82) is 10.8 Å². The average Bonchev–Trinajstić information content (AvgIpc) is 2.48. The predicted molar refractivity (Wildman–Crippen MR) is 86.2 cm³/mol. The number of nitrogen functional groups attached to an aromatic ring is 2. The number of amidine groups is 2. The van der Waals surface area contributed by atoms with Crippen LogP contribution in [0.4, 0.5) is 0 Å². The van der Waals surface area contributed by atoms with Crippen LogP contribution in [0.3, 0.4) is 0 Å². The molecule has 2 aromatic rings. The Balaban J connectivity index is 1.98. The van der Waals surface area contributed by atoms with E-state index in [1.165, 1.54) is 0 Å². The zero-order chi connectivity index (χ0) is 15.2. The van der Waals surface area contributed by atoms with Gasteiger partial charge in [-0.25, -0.2) is 0 Å². The third-order valence-corrected chi connectivity index (χ3v) is 3.00. The number of hydrogen-bond acceptors (Lipinski definition) is 3. The van der Waals surface area contributed by atoms with Gasteiger partial charge in [-0.05, 0) is 11.1 Å². The molecule has 0 fully saturated rings. The Morgan fingerprint density at radius 2 is 1.33 bits per heavy atom. The lowest BCUT2D eigenvalue weighted by Crippen LogP contribution is -2.10. The van der Waals surface area contributed by atoms with Gasteiger partial charge in [-0.15, -0.1) is 0 Å². The Kier molecular flexibility index (Phi) is 4.46. The van der Waals surface area contributed by atoms with E-state index in [1.807, 2.05) is 36.4 Å². The molecule has 0 radical (unpaired) electrons. The molecule has 0 atom stereocenters. The highest BCUT2D eigenvalue weighted by Gasteiger charge is 1.97. The van der Waals surface area contributed by atoms with Gasteiger partial charge in [-0.2, -0.15) is 0 Å². The molecule has 0 bridgehead atoms. The van der Waals surface area contributed by atoms with E-state index >= 15 is 0 Å². The second-order valence-electron chi connectivity index (χ2n) is 4.62. The summed E-state index contributed by atoms with van der Waals surface area (Å²) in [5.41, 5.74) is 14.2. The fourth-order valence-electron chi connectivity index (χ4n) is 1.79. The fraction of sp³-hybridized carbons (Fsp3) is 0.0625. The minimum atomic E-state index is 0.0593. The van der Waals surface area contributed by atoms with Crippen molar-refractivity contribution in [3.63, 3.8) is 0 Å². The number of aliphatic imine (C=N–C) groups is 1. The number of nitrogens with two attached hydrogens (primary N) is 2. The Morgan fingerprint density at radius 3 is 1.81 bits per heavy atom. The van der Waals surface area contributed by atoms with Crippen LogP contribution in [0, 0.1) is 10.8 Å². The highest BCUT2D eigenvalue weighted by molar-refractivity contribution is 5.95. The Hall–Kier alpha value is -2.95. The molecule has 0 unspecified atom stereocenters. The summed E-state index contributed by atoms with van der Waals surface area (Å²) >= 11 is 0. The van der Waals surface area contributed by atoms with Gasteiger partial charge in [-0.1, -0.05) is 48.5 Å². The van der Waals surface area contributed by atoms with Gasteiger partial charge < -0.3 is 11.5 Å². The summed E-state index contributed by atoms with van der Waals surface area (Å²) < 4.78 is 0. The summed E-state index contributed by atoms with van der Waals surface area (Å²) in [7, 11) is 0. The van der Waals surface area contributed by atoms with Gasteiger partial charge >= 0.3 is 0 Å². The van der Waals surface area contributed by atoms with Crippen LogP contribution in [0.1, 0.15) is 22.3 Å². The van der Waals surface area contributed by atoms with Gasteiger partial charge in [-0.3, -0.25) is 15.8 Å². The molecular formula is C16H17N5. The lowest BCUT2D eigenvalue weighted by molar-refractivity contribution is 1.08. The molecule has 0 amide bonds. The standard InChI is InChI=1S/C16H17N5/c17-15(18)13-5-1-11(2-6-13)9-21-10-12-3-7-14(8-4-12)16(19)20/h1-9H,10H2,(H3,17,18)(H3,19,20)/b21-9+. The van der Waals surface area contributed by atoms with Crippen LogP contribution in [0.5, 0.6) is 0 Å². The zero-order valence-electron chi connectivity index (χ0n) is 11.5. The SMILES string of the molecule is N=C(N)c1ccc(/C=N/Cc2ccc(C(=N)N)cc2)cc1. The van der Waals surface area contributed by atoms with Crippen molar-refractivity contribution in [2.75, 3.05) is 0 Å². The average molecular weight is 279 g/mol. The van der Waals surface area contributed by atoms with E-state index in [0.29, 0.717) is 17.7 Å². The molecule has 0 aliphatic rings. The van der Waals surface area contributed by atoms with E-state index in [4.69, 9.17) is 22.3 Å². The Labute approximate surface area is 123 Å². The first-order chi connectivity index (χ1) is 10.1. The Bertz CT molecular complexity index is 669. The summed E-state index contributed by atoms with van der Waals surface area (Å²) in [6, 6.07) is 14.8. The van der Waals surface area contributed by atoms with Gasteiger partial charge in [0.05, 0.1) is 6.54 Å². The second kappa shape index (κ2) is 6.47. The first-order valence-electron chi connectivity index (χ1n) is 6.44. The maximum absolute atomic E-state index is 7.33. The number of benzene rings is 2. The largest absolute Gasteiger partial charge is 0.384 e. The number of rotatable bonds is 5. The van der Waals surface area contributed by atoms with E-state index < -0.39 is 0 Å². The number of hydrogen-bond donors (Lipinski definition) is 4. The third-order valence-electron chi connectivity index (χ3n) is 3.00. The van der Waals surface area contributed by atoms with Gasteiger partial charge in [0.15, 0.2) is 0 Å². The lowest BCUT2D eigenvalue weighted by atomic mass is 10.1. The minimum Gasteiger partial charge on any atom is -0.384 e. The molecule has 0 aliphatic carbocycles. The smallest absolute Gasteiger partial charge is 0.122 e. The summed E-state index contributed by atoms with van der Waals surface area (Å²) in [5.74, 6) is 0.125. The van der Waals surface area contributed by atoms with Crippen molar-refractivity contribution in [1.82, 2.24) is 0 Å². The van der Waals surface area contributed by atoms with Gasteiger partial charge in [0, 0.05) is 17.3 Å². The number of nitrogens with zero attached hydrogens (tertiary/aromatic N) is 1. The molecule has 2 rings (SSSR count). The van der Waals surface area contributed by atoms with Crippen LogP contribution >= 0.6 is 0 Å². The normalized spacial score (nSPS) is 10.7. The van der Waals surface area contributed by atoms with E-state index in [1.54, 1.807) is 18.3 Å². The van der Waals surface area contributed by atoms with Gasteiger partial charge in [0.1, 0.15) is 11.7 Å². The number of nitrogens with one attached hydrogen (secondary N) is 2. The van der Waals surface area contributed by atoms with E-state index in [2.05, 4.69) is 4.99 Å². The quantitative estimate of drug-likeness (QED) is 0.494. The van der Waals surface area contributed by atoms with E-state index in [-0.39, 0.29) is 11.7 Å². The van der Waals surface area contributed by atoms with Gasteiger partial charge in [0.2, 0.25) is 0 Å². The molecule has 5 heteroatoms. The van der Waals surface area contributed by atoms with Crippen LogP contribution in [-0.2, 0) is 6.54 Å². The summed E-state index contributed by atoms with van der Waals surface area (Å²) in [6.45, 7) is 0.562. The van der Waals surface area contributed by atoms with E-state index in [0.717, 1.165) is 11.1 Å². The topological polar surface area (TPSA) is 112 Å². The van der Waals surface area contributed by atoms with Crippen molar-refractivity contribution < 1.29 is 0 Å². The van der Waals surface area contributed by atoms with Crippen LogP contribution in [0.15, 0.2) is 53.5 Å². The summed E-state index contributed by atoms with van der Waals surface area (Å²) in [6.07, 6.45) is 1.78. The fourth-order valence-corrected chi connectivity index (χ4v) is 1.79. The first-order valence-corrected chi connectivity index (χ1v) is 6.44. The van der Waals surface area contributed by atoms with Crippen LogP contribution < -0.4 is 11.5 Å². The predicted octanol–water partition coefficient (Wildman–Crippen LogP) is 1.87. The molecule has 0 spiro atoms. The molecule has 0 heterocycles. The highest BCUT2D eigenvalue weighted by atomic mass is 14.7.